The molecule has 0 saturated heterocycles. The van der Waals surface area contributed by atoms with Gasteiger partial charge >= 0.3 is 0 Å². The van der Waals surface area contributed by atoms with E-state index in [0.717, 1.165) is 33.3 Å². The average molecular weight is 380 g/mol. The number of rotatable bonds is 4. The van der Waals surface area contributed by atoms with Crippen molar-refractivity contribution in [3.8, 4) is 11.3 Å². The van der Waals surface area contributed by atoms with E-state index in [2.05, 4.69) is 55.6 Å². The average Bonchev–Trinajstić information content (AvgIpc) is 2.73. The summed E-state index contributed by atoms with van der Waals surface area (Å²) in [5, 5.41) is 4.01. The molecule has 0 aliphatic heterocycles. The number of carbonyl (C=O) groups excluding carboxylic acids is 1. The van der Waals surface area contributed by atoms with Crippen molar-refractivity contribution >= 4 is 16.8 Å². The van der Waals surface area contributed by atoms with Crippen LogP contribution in [0.4, 0.5) is 0 Å². The number of hydrogen-bond donors (Lipinski definition) is 1. The largest absolute Gasteiger partial charge is 0.345 e. The van der Waals surface area contributed by atoms with Crippen molar-refractivity contribution in [2.75, 3.05) is 0 Å². The minimum absolute atomic E-state index is 0.0857. The van der Waals surface area contributed by atoms with Crippen molar-refractivity contribution in [2.45, 2.75) is 26.8 Å². The molecule has 0 saturated carbocycles. The Morgan fingerprint density at radius 3 is 2.38 bits per heavy atom. The van der Waals surface area contributed by atoms with E-state index in [1.807, 2.05) is 49.4 Å². The molecule has 144 valence electrons. The van der Waals surface area contributed by atoms with Crippen LogP contribution in [0.2, 0.25) is 0 Å². The topological polar surface area (TPSA) is 42.0 Å². The molecule has 0 aliphatic rings. The maximum absolute atomic E-state index is 13.2. The molecule has 0 bridgehead atoms. The lowest BCUT2D eigenvalue weighted by molar-refractivity contribution is 0.0941. The normalized spacial score (nSPS) is 12.0. The Bertz CT molecular complexity index is 1180. The maximum Gasteiger partial charge on any atom is 0.252 e. The van der Waals surface area contributed by atoms with Gasteiger partial charge in [0.1, 0.15) is 0 Å². The fraction of sp³-hybridized carbons (Fsp3) is 0.154. The minimum Gasteiger partial charge on any atom is -0.345 e. The number of amides is 1. The van der Waals surface area contributed by atoms with Crippen LogP contribution in [0.15, 0.2) is 78.9 Å². The molecule has 0 aliphatic carbocycles. The van der Waals surface area contributed by atoms with Gasteiger partial charge in [0.05, 0.1) is 22.8 Å². The molecule has 0 spiro atoms. The van der Waals surface area contributed by atoms with Crippen LogP contribution in [0.1, 0.15) is 40.0 Å². The number of para-hydroxylation sites is 1. The Balaban J connectivity index is 1.73. The second-order valence-corrected chi connectivity index (χ2v) is 7.55. The van der Waals surface area contributed by atoms with E-state index >= 15 is 0 Å². The molecule has 29 heavy (non-hydrogen) atoms. The van der Waals surface area contributed by atoms with Crippen molar-refractivity contribution in [2.24, 2.45) is 0 Å². The van der Waals surface area contributed by atoms with E-state index in [1.54, 1.807) is 0 Å². The van der Waals surface area contributed by atoms with E-state index in [-0.39, 0.29) is 11.9 Å². The molecule has 3 heteroatoms. The van der Waals surface area contributed by atoms with Gasteiger partial charge in [-0.2, -0.15) is 0 Å². The van der Waals surface area contributed by atoms with E-state index in [4.69, 9.17) is 4.98 Å². The van der Waals surface area contributed by atoms with Crippen LogP contribution in [-0.2, 0) is 0 Å². The highest BCUT2D eigenvalue weighted by molar-refractivity contribution is 6.07. The van der Waals surface area contributed by atoms with Crippen LogP contribution < -0.4 is 5.32 Å². The SMILES string of the molecule is Cc1ccc([C@H](C)NC(=O)c2cc(-c3cccc(C)c3)nc3ccccc23)cc1. The third-order valence-corrected chi connectivity index (χ3v) is 5.20. The van der Waals surface area contributed by atoms with Gasteiger partial charge in [-0.05, 0) is 44.5 Å². The molecule has 4 rings (SSSR count). The van der Waals surface area contributed by atoms with Crippen LogP contribution in [0, 0.1) is 13.8 Å². The molecular weight excluding hydrogens is 356 g/mol. The number of nitrogens with zero attached hydrogens (tertiary/aromatic N) is 1. The highest BCUT2D eigenvalue weighted by Gasteiger charge is 2.16. The van der Waals surface area contributed by atoms with E-state index in [1.165, 1.54) is 5.56 Å². The fourth-order valence-electron chi connectivity index (χ4n) is 3.53. The van der Waals surface area contributed by atoms with Gasteiger partial charge in [0.15, 0.2) is 0 Å². The number of fused-ring (bicyclic) bond motifs is 1. The summed E-state index contributed by atoms with van der Waals surface area (Å²) in [6, 6.07) is 26.0. The number of aromatic nitrogens is 1. The van der Waals surface area contributed by atoms with Crippen LogP contribution in [0.5, 0.6) is 0 Å². The molecule has 3 aromatic carbocycles. The fourth-order valence-corrected chi connectivity index (χ4v) is 3.53. The number of pyridine rings is 1. The Kier molecular flexibility index (Phi) is 5.13. The van der Waals surface area contributed by atoms with Gasteiger partial charge in [0, 0.05) is 10.9 Å². The summed E-state index contributed by atoms with van der Waals surface area (Å²) in [4.78, 5) is 18.0. The number of nitrogens with one attached hydrogen (secondary N) is 1. The summed E-state index contributed by atoms with van der Waals surface area (Å²) >= 11 is 0. The summed E-state index contributed by atoms with van der Waals surface area (Å²) in [5.41, 5.74) is 6.73. The highest BCUT2D eigenvalue weighted by atomic mass is 16.1. The van der Waals surface area contributed by atoms with E-state index in [9.17, 15) is 4.79 Å². The third-order valence-electron chi connectivity index (χ3n) is 5.20. The van der Waals surface area contributed by atoms with E-state index < -0.39 is 0 Å². The van der Waals surface area contributed by atoms with Crippen molar-refractivity contribution < 1.29 is 4.79 Å². The predicted molar refractivity (Wildman–Crippen MR) is 119 cm³/mol. The Morgan fingerprint density at radius 1 is 0.862 bits per heavy atom. The third kappa shape index (κ3) is 4.04. The molecule has 4 aromatic rings. The molecule has 1 amide bonds. The first kappa shape index (κ1) is 18.9. The second-order valence-electron chi connectivity index (χ2n) is 7.55. The molecule has 0 unspecified atom stereocenters. The zero-order valence-corrected chi connectivity index (χ0v) is 16.9. The highest BCUT2D eigenvalue weighted by Crippen LogP contribution is 2.26. The van der Waals surface area contributed by atoms with Gasteiger partial charge < -0.3 is 5.32 Å². The zero-order chi connectivity index (χ0) is 20.4. The molecule has 1 heterocycles. The van der Waals surface area contributed by atoms with Crippen LogP contribution in [-0.4, -0.2) is 10.9 Å². The molecule has 0 radical (unpaired) electrons. The van der Waals surface area contributed by atoms with E-state index in [0.29, 0.717) is 5.56 Å². The first-order valence-corrected chi connectivity index (χ1v) is 9.85. The van der Waals surface area contributed by atoms with Gasteiger partial charge in [0.25, 0.3) is 5.91 Å². The standard InChI is InChI=1S/C26H24N2O/c1-17-11-13-20(14-12-17)19(3)27-26(29)23-16-25(21-8-6-7-18(2)15-21)28-24-10-5-4-9-22(23)24/h4-16,19H,1-3H3,(H,27,29)/t19-/m0/s1. The van der Waals surface area contributed by atoms with Gasteiger partial charge in [-0.1, -0.05) is 71.8 Å². The Labute approximate surface area is 171 Å². The Morgan fingerprint density at radius 2 is 1.62 bits per heavy atom. The lowest BCUT2D eigenvalue weighted by Crippen LogP contribution is -2.27. The van der Waals surface area contributed by atoms with Gasteiger partial charge in [0.2, 0.25) is 0 Å². The van der Waals surface area contributed by atoms with Gasteiger partial charge in [-0.15, -0.1) is 0 Å². The second kappa shape index (κ2) is 7.88. The molecule has 1 aromatic heterocycles. The first-order valence-electron chi connectivity index (χ1n) is 9.85. The molecule has 1 atom stereocenters. The van der Waals surface area contributed by atoms with Crippen LogP contribution >= 0.6 is 0 Å². The lowest BCUT2D eigenvalue weighted by Gasteiger charge is -2.16. The smallest absolute Gasteiger partial charge is 0.252 e. The maximum atomic E-state index is 13.2. The molecule has 3 nitrogen and oxygen atoms in total. The van der Waals surface area contributed by atoms with Crippen molar-refractivity contribution in [1.82, 2.24) is 10.3 Å². The summed E-state index contributed by atoms with van der Waals surface area (Å²) in [5.74, 6) is -0.0921. The Hall–Kier alpha value is -3.46. The van der Waals surface area contributed by atoms with Gasteiger partial charge in [-0.25, -0.2) is 4.98 Å². The number of aryl methyl sites for hydroxylation is 2. The van der Waals surface area contributed by atoms with Crippen LogP contribution in [0.25, 0.3) is 22.2 Å². The number of benzene rings is 3. The lowest BCUT2D eigenvalue weighted by atomic mass is 10.0. The van der Waals surface area contributed by atoms with Crippen molar-refractivity contribution in [3.63, 3.8) is 0 Å². The zero-order valence-electron chi connectivity index (χ0n) is 16.9. The predicted octanol–water partition coefficient (Wildman–Crippen LogP) is 6.01. The van der Waals surface area contributed by atoms with Gasteiger partial charge in [-0.3, -0.25) is 4.79 Å². The summed E-state index contributed by atoms with van der Waals surface area (Å²) in [7, 11) is 0. The quantitative estimate of drug-likeness (QED) is 0.471. The number of carbonyl (C=O) groups is 1. The summed E-state index contributed by atoms with van der Waals surface area (Å²) in [6.45, 7) is 6.12. The first-order chi connectivity index (χ1) is 14.0. The van der Waals surface area contributed by atoms with Crippen molar-refractivity contribution in [3.05, 3.63) is 101 Å². The van der Waals surface area contributed by atoms with Crippen LogP contribution in [0.3, 0.4) is 0 Å². The van der Waals surface area contributed by atoms with Crippen molar-refractivity contribution in [1.29, 1.82) is 0 Å². The molecule has 0 fully saturated rings. The minimum atomic E-state index is -0.0921. The summed E-state index contributed by atoms with van der Waals surface area (Å²) < 4.78 is 0. The number of hydrogen-bond acceptors (Lipinski definition) is 2. The monoisotopic (exact) mass is 380 g/mol. The molecular formula is C26H24N2O. The molecule has 1 N–H and O–H groups in total. The summed E-state index contributed by atoms with van der Waals surface area (Å²) in [6.07, 6.45) is 0.